The topological polar surface area (TPSA) is 118 Å². The Morgan fingerprint density at radius 3 is 2.20 bits per heavy atom. The minimum atomic E-state index is -3.90. The fourth-order valence-corrected chi connectivity index (χ4v) is 3.92. The third-order valence-corrected chi connectivity index (χ3v) is 5.88. The second-order valence-electron chi connectivity index (χ2n) is 6.63. The van der Waals surface area contributed by atoms with Gasteiger partial charge in [-0.15, -0.1) is 0 Å². The number of carbonyl (C=O) groups excluding carboxylic acids is 1. The van der Waals surface area contributed by atoms with E-state index in [9.17, 15) is 23.3 Å². The molecule has 0 fully saturated rings. The van der Waals surface area contributed by atoms with Crippen LogP contribution in [0.1, 0.15) is 21.5 Å². The van der Waals surface area contributed by atoms with Gasteiger partial charge < -0.3 is 5.32 Å². The Hall–Kier alpha value is -3.72. The Kier molecular flexibility index (Phi) is 5.84. The van der Waals surface area contributed by atoms with Crippen molar-refractivity contribution in [2.75, 3.05) is 10.0 Å². The van der Waals surface area contributed by atoms with E-state index in [1.807, 2.05) is 6.92 Å². The summed E-state index contributed by atoms with van der Waals surface area (Å²) in [6.07, 6.45) is 0. The maximum Gasteiger partial charge on any atom is 0.274 e. The highest BCUT2D eigenvalue weighted by molar-refractivity contribution is 7.92. The molecule has 0 atom stereocenters. The van der Waals surface area contributed by atoms with Gasteiger partial charge in [-0.3, -0.25) is 19.6 Å². The number of rotatable bonds is 6. The van der Waals surface area contributed by atoms with Gasteiger partial charge in [-0.05, 0) is 44.2 Å². The first-order chi connectivity index (χ1) is 14.2. The molecule has 0 heterocycles. The van der Waals surface area contributed by atoms with E-state index in [0.29, 0.717) is 5.56 Å². The number of hydrogen-bond donors (Lipinski definition) is 2. The van der Waals surface area contributed by atoms with E-state index < -0.39 is 20.9 Å². The summed E-state index contributed by atoms with van der Waals surface area (Å²) in [5, 5.41) is 13.7. The Balaban J connectivity index is 1.90. The zero-order chi connectivity index (χ0) is 21.9. The number of nitro benzene ring substituents is 1. The zero-order valence-electron chi connectivity index (χ0n) is 16.2. The first-order valence-corrected chi connectivity index (χ1v) is 10.4. The highest BCUT2D eigenvalue weighted by Crippen LogP contribution is 2.27. The molecule has 3 aromatic carbocycles. The van der Waals surface area contributed by atoms with Crippen LogP contribution in [0.25, 0.3) is 0 Å². The summed E-state index contributed by atoms with van der Waals surface area (Å²) >= 11 is 0. The van der Waals surface area contributed by atoms with Crippen molar-refractivity contribution in [1.82, 2.24) is 0 Å². The molecule has 0 spiro atoms. The molecule has 0 aliphatic heterocycles. The van der Waals surface area contributed by atoms with Crippen molar-refractivity contribution in [2.45, 2.75) is 18.7 Å². The van der Waals surface area contributed by atoms with Crippen molar-refractivity contribution in [3.63, 3.8) is 0 Å². The molecule has 0 aliphatic carbocycles. The average Bonchev–Trinajstić information content (AvgIpc) is 2.69. The summed E-state index contributed by atoms with van der Waals surface area (Å²) in [4.78, 5) is 23.5. The Morgan fingerprint density at radius 2 is 1.53 bits per heavy atom. The Labute approximate surface area is 173 Å². The third-order valence-electron chi connectivity index (χ3n) is 4.50. The molecule has 3 rings (SSSR count). The molecule has 3 aromatic rings. The van der Waals surface area contributed by atoms with Crippen LogP contribution in [0.4, 0.5) is 17.1 Å². The van der Waals surface area contributed by atoms with Crippen LogP contribution in [-0.4, -0.2) is 19.2 Å². The van der Waals surface area contributed by atoms with Gasteiger partial charge in [0.1, 0.15) is 0 Å². The Bertz CT molecular complexity index is 1220. The Morgan fingerprint density at radius 1 is 0.900 bits per heavy atom. The van der Waals surface area contributed by atoms with Crippen LogP contribution >= 0.6 is 0 Å². The van der Waals surface area contributed by atoms with E-state index in [4.69, 9.17) is 0 Å². The highest BCUT2D eigenvalue weighted by atomic mass is 32.2. The number of anilines is 2. The third kappa shape index (κ3) is 4.47. The number of hydrogen-bond acceptors (Lipinski definition) is 5. The molecule has 0 unspecified atom stereocenters. The zero-order valence-corrected chi connectivity index (χ0v) is 17.1. The van der Waals surface area contributed by atoms with E-state index in [0.717, 1.165) is 5.56 Å². The number of sulfonamides is 1. The summed E-state index contributed by atoms with van der Waals surface area (Å²) in [7, 11) is -3.90. The van der Waals surface area contributed by atoms with E-state index >= 15 is 0 Å². The molecule has 30 heavy (non-hydrogen) atoms. The first kappa shape index (κ1) is 21.0. The fourth-order valence-electron chi connectivity index (χ4n) is 2.84. The van der Waals surface area contributed by atoms with Gasteiger partial charge in [0.15, 0.2) is 0 Å². The van der Waals surface area contributed by atoms with Gasteiger partial charge in [0.2, 0.25) is 0 Å². The van der Waals surface area contributed by atoms with Gasteiger partial charge in [-0.2, -0.15) is 0 Å². The van der Waals surface area contributed by atoms with Gasteiger partial charge in [0.05, 0.1) is 32.3 Å². The van der Waals surface area contributed by atoms with Crippen LogP contribution in [0.5, 0.6) is 0 Å². The van der Waals surface area contributed by atoms with Gasteiger partial charge in [0, 0.05) is 6.07 Å². The fraction of sp³-hybridized carbons (Fsp3) is 0.0952. The second-order valence-corrected chi connectivity index (χ2v) is 8.31. The lowest BCUT2D eigenvalue weighted by atomic mass is 10.1. The van der Waals surface area contributed by atoms with Gasteiger partial charge >= 0.3 is 0 Å². The van der Waals surface area contributed by atoms with E-state index in [-0.39, 0.29) is 27.5 Å². The smallest absolute Gasteiger partial charge is 0.274 e. The number of nitrogens with zero attached hydrogens (tertiary/aromatic N) is 1. The van der Waals surface area contributed by atoms with Gasteiger partial charge in [-0.1, -0.05) is 35.9 Å². The lowest BCUT2D eigenvalue weighted by Gasteiger charge is -2.14. The number of nitrogens with one attached hydrogen (secondary N) is 2. The normalized spacial score (nSPS) is 11.0. The lowest BCUT2D eigenvalue weighted by Crippen LogP contribution is -2.19. The summed E-state index contributed by atoms with van der Waals surface area (Å²) < 4.78 is 27.8. The predicted molar refractivity (Wildman–Crippen MR) is 114 cm³/mol. The molecule has 2 N–H and O–H groups in total. The summed E-state index contributed by atoms with van der Waals surface area (Å²) in [6.45, 7) is 3.37. The number of benzene rings is 3. The minimum Gasteiger partial charge on any atom is -0.321 e. The molecule has 0 aliphatic rings. The molecule has 0 saturated carbocycles. The molecular formula is C21H19N3O5S. The van der Waals surface area contributed by atoms with E-state index in [2.05, 4.69) is 10.0 Å². The summed E-state index contributed by atoms with van der Waals surface area (Å²) in [5.74, 6) is -0.596. The SMILES string of the molecule is Cc1ccc(S(=O)(=O)Nc2ccccc2C(=O)Nc2cccc([N+](=O)[O-])c2C)cc1. The van der Waals surface area contributed by atoms with Gasteiger partial charge in [0.25, 0.3) is 21.6 Å². The molecular weight excluding hydrogens is 406 g/mol. The maximum absolute atomic E-state index is 12.8. The summed E-state index contributed by atoms with van der Waals surface area (Å²) in [5.41, 5.74) is 1.54. The highest BCUT2D eigenvalue weighted by Gasteiger charge is 2.20. The standard InChI is InChI=1S/C21H19N3O5S/c1-14-10-12-16(13-11-14)30(28,29)23-19-7-4-3-6-17(19)21(25)22-18-8-5-9-20(15(18)2)24(26)27/h3-13,23H,1-2H3,(H,22,25). The van der Waals surface area contributed by atoms with Crippen LogP contribution in [0.15, 0.2) is 71.6 Å². The van der Waals surface area contributed by atoms with Crippen LogP contribution in [0.3, 0.4) is 0 Å². The molecule has 8 nitrogen and oxygen atoms in total. The van der Waals surface area contributed by atoms with E-state index in [1.165, 1.54) is 43.3 Å². The van der Waals surface area contributed by atoms with Crippen LogP contribution in [0, 0.1) is 24.0 Å². The number of nitro groups is 1. The molecule has 0 saturated heterocycles. The molecule has 1 amide bonds. The number of aryl methyl sites for hydroxylation is 1. The van der Waals surface area contributed by atoms with Crippen molar-refractivity contribution in [2.24, 2.45) is 0 Å². The van der Waals surface area contributed by atoms with Crippen molar-refractivity contribution in [1.29, 1.82) is 0 Å². The van der Waals surface area contributed by atoms with E-state index in [1.54, 1.807) is 30.3 Å². The number of carbonyl (C=O) groups is 1. The second kappa shape index (κ2) is 8.34. The van der Waals surface area contributed by atoms with Crippen molar-refractivity contribution in [3.05, 3.63) is 93.5 Å². The van der Waals surface area contributed by atoms with Crippen molar-refractivity contribution < 1.29 is 18.1 Å². The van der Waals surface area contributed by atoms with Crippen molar-refractivity contribution in [3.8, 4) is 0 Å². The average molecular weight is 425 g/mol. The number of amides is 1. The monoisotopic (exact) mass is 425 g/mol. The van der Waals surface area contributed by atoms with Crippen LogP contribution in [0.2, 0.25) is 0 Å². The number of para-hydroxylation sites is 1. The lowest BCUT2D eigenvalue weighted by molar-refractivity contribution is -0.385. The molecule has 0 radical (unpaired) electrons. The molecule has 9 heteroatoms. The van der Waals surface area contributed by atoms with Gasteiger partial charge in [-0.25, -0.2) is 8.42 Å². The predicted octanol–water partition coefficient (Wildman–Crippen LogP) is 4.26. The van der Waals surface area contributed by atoms with Crippen LogP contribution < -0.4 is 10.0 Å². The van der Waals surface area contributed by atoms with Crippen molar-refractivity contribution >= 4 is 33.0 Å². The van der Waals surface area contributed by atoms with Crippen LogP contribution in [-0.2, 0) is 10.0 Å². The summed E-state index contributed by atoms with van der Waals surface area (Å²) in [6, 6.07) is 16.8. The first-order valence-electron chi connectivity index (χ1n) is 8.93. The molecule has 0 bridgehead atoms. The minimum absolute atomic E-state index is 0.0674. The quantitative estimate of drug-likeness (QED) is 0.452. The molecule has 154 valence electrons. The largest absolute Gasteiger partial charge is 0.321 e. The molecule has 0 aromatic heterocycles. The maximum atomic E-state index is 12.8.